The van der Waals surface area contributed by atoms with Crippen LogP contribution in [0.25, 0.3) is 0 Å². The first-order chi connectivity index (χ1) is 15.8. The van der Waals surface area contributed by atoms with E-state index in [0.717, 1.165) is 62.0 Å². The van der Waals surface area contributed by atoms with Gasteiger partial charge in [0.05, 0.1) is 11.2 Å². The van der Waals surface area contributed by atoms with E-state index in [1.807, 2.05) is 36.1 Å². The quantitative estimate of drug-likeness (QED) is 0.655. The zero-order valence-electron chi connectivity index (χ0n) is 19.0. The van der Waals surface area contributed by atoms with Crippen molar-refractivity contribution in [2.45, 2.75) is 50.3 Å². The Hall–Kier alpha value is -2.38. The number of ether oxygens (including phenoxy) is 1. The molecular weight excluding hydrogens is 429 g/mol. The molecule has 0 bridgehead atoms. The SMILES string of the molecule is CCOC1(c2ccc(C(=O)N3CCC(c4ccc(C(F)(F)F)cc4)CC3)cc2)CCNCC1. The average Bonchev–Trinajstić information content (AvgIpc) is 2.84. The van der Waals surface area contributed by atoms with E-state index < -0.39 is 11.7 Å². The van der Waals surface area contributed by atoms with Gasteiger partial charge in [0.25, 0.3) is 5.91 Å². The molecule has 7 heteroatoms. The standard InChI is InChI=1S/C26H31F3N2O2/c1-2-33-25(13-15-30-16-14-25)22-7-5-21(6-8-22)24(32)31-17-11-20(12-18-31)19-3-9-23(10-4-19)26(27,28)29/h3-10,20,30H,2,11-18H2,1H3. The van der Waals surface area contributed by atoms with Crippen LogP contribution in [0.2, 0.25) is 0 Å². The summed E-state index contributed by atoms with van der Waals surface area (Å²) in [6, 6.07) is 13.2. The summed E-state index contributed by atoms with van der Waals surface area (Å²) >= 11 is 0. The number of nitrogens with one attached hydrogen (secondary N) is 1. The summed E-state index contributed by atoms with van der Waals surface area (Å²) in [6.07, 6.45) is -1.01. The summed E-state index contributed by atoms with van der Waals surface area (Å²) in [7, 11) is 0. The maximum atomic E-state index is 13.1. The third-order valence-electron chi connectivity index (χ3n) is 6.98. The highest BCUT2D eigenvalue weighted by atomic mass is 19.4. The zero-order valence-corrected chi connectivity index (χ0v) is 19.0. The van der Waals surface area contributed by atoms with E-state index in [2.05, 4.69) is 5.32 Å². The van der Waals surface area contributed by atoms with Crippen molar-refractivity contribution in [3.8, 4) is 0 Å². The Labute approximate surface area is 193 Å². The lowest BCUT2D eigenvalue weighted by Crippen LogP contribution is -2.42. The number of carbonyl (C=O) groups excluding carboxylic acids is 1. The molecular formula is C26H31F3N2O2. The Kier molecular flexibility index (Phi) is 7.10. The van der Waals surface area contributed by atoms with Gasteiger partial charge in [0.15, 0.2) is 0 Å². The van der Waals surface area contributed by atoms with Crippen LogP contribution in [0.1, 0.15) is 65.6 Å². The van der Waals surface area contributed by atoms with Crippen LogP contribution in [0, 0.1) is 0 Å². The number of alkyl halides is 3. The Morgan fingerprint density at radius 1 is 1.03 bits per heavy atom. The smallest absolute Gasteiger partial charge is 0.370 e. The van der Waals surface area contributed by atoms with Gasteiger partial charge in [-0.15, -0.1) is 0 Å². The second-order valence-electron chi connectivity index (χ2n) is 8.94. The number of hydrogen-bond donors (Lipinski definition) is 1. The van der Waals surface area contributed by atoms with E-state index in [1.165, 1.54) is 0 Å². The lowest BCUT2D eigenvalue weighted by atomic mass is 9.84. The van der Waals surface area contributed by atoms with Crippen molar-refractivity contribution in [2.24, 2.45) is 0 Å². The molecule has 0 unspecified atom stereocenters. The Bertz CT molecular complexity index is 922. The number of benzene rings is 2. The van der Waals surface area contributed by atoms with Crippen molar-refractivity contribution >= 4 is 5.91 Å². The van der Waals surface area contributed by atoms with E-state index in [9.17, 15) is 18.0 Å². The van der Waals surface area contributed by atoms with Gasteiger partial charge < -0.3 is 15.0 Å². The molecule has 33 heavy (non-hydrogen) atoms. The fourth-order valence-electron chi connectivity index (χ4n) is 5.08. The van der Waals surface area contributed by atoms with E-state index >= 15 is 0 Å². The van der Waals surface area contributed by atoms with Gasteiger partial charge in [-0.1, -0.05) is 24.3 Å². The topological polar surface area (TPSA) is 41.6 Å². The summed E-state index contributed by atoms with van der Waals surface area (Å²) in [4.78, 5) is 14.9. The Balaban J connectivity index is 1.37. The van der Waals surface area contributed by atoms with E-state index in [-0.39, 0.29) is 17.4 Å². The van der Waals surface area contributed by atoms with Gasteiger partial charge in [0.2, 0.25) is 0 Å². The molecule has 2 aliphatic rings. The molecule has 2 aromatic carbocycles. The highest BCUT2D eigenvalue weighted by molar-refractivity contribution is 5.94. The van der Waals surface area contributed by atoms with Crippen LogP contribution in [0.3, 0.4) is 0 Å². The van der Waals surface area contributed by atoms with Crippen LogP contribution in [0.5, 0.6) is 0 Å². The molecule has 4 rings (SSSR count). The average molecular weight is 461 g/mol. The van der Waals surface area contributed by atoms with Crippen molar-refractivity contribution in [3.05, 3.63) is 70.8 Å². The Morgan fingerprint density at radius 3 is 2.18 bits per heavy atom. The number of piperidine rings is 2. The molecule has 0 radical (unpaired) electrons. The molecule has 0 aromatic heterocycles. The van der Waals surface area contributed by atoms with Crippen molar-refractivity contribution in [2.75, 3.05) is 32.8 Å². The first kappa shape index (κ1) is 23.8. The molecule has 2 aliphatic heterocycles. The molecule has 1 N–H and O–H groups in total. The fraction of sp³-hybridized carbons (Fsp3) is 0.500. The molecule has 0 atom stereocenters. The van der Waals surface area contributed by atoms with Crippen LogP contribution < -0.4 is 5.32 Å². The molecule has 4 nitrogen and oxygen atoms in total. The second kappa shape index (κ2) is 9.85. The van der Waals surface area contributed by atoms with Gasteiger partial charge in [-0.05, 0) is 87.0 Å². The predicted octanol–water partition coefficient (Wildman–Crippen LogP) is 5.34. The summed E-state index contributed by atoms with van der Waals surface area (Å²) in [6.45, 7) is 5.68. The molecule has 2 fully saturated rings. The molecule has 0 aliphatic carbocycles. The van der Waals surface area contributed by atoms with Crippen LogP contribution in [0.4, 0.5) is 13.2 Å². The molecule has 2 saturated heterocycles. The van der Waals surface area contributed by atoms with Crippen LogP contribution in [-0.4, -0.2) is 43.6 Å². The van der Waals surface area contributed by atoms with Crippen LogP contribution in [-0.2, 0) is 16.5 Å². The molecule has 1 amide bonds. The second-order valence-corrected chi connectivity index (χ2v) is 8.94. The summed E-state index contributed by atoms with van der Waals surface area (Å²) < 4.78 is 44.6. The summed E-state index contributed by atoms with van der Waals surface area (Å²) in [5, 5.41) is 3.37. The van der Waals surface area contributed by atoms with Crippen molar-refractivity contribution in [3.63, 3.8) is 0 Å². The largest absolute Gasteiger partial charge is 0.416 e. The van der Waals surface area contributed by atoms with Gasteiger partial charge in [-0.2, -0.15) is 13.2 Å². The third kappa shape index (κ3) is 5.25. The number of likely N-dealkylation sites (tertiary alicyclic amines) is 1. The van der Waals surface area contributed by atoms with E-state index in [1.54, 1.807) is 12.1 Å². The zero-order chi connectivity index (χ0) is 23.5. The minimum atomic E-state index is -4.32. The number of amides is 1. The molecule has 178 valence electrons. The monoisotopic (exact) mass is 460 g/mol. The summed E-state index contributed by atoms with van der Waals surface area (Å²) in [5.74, 6) is 0.174. The molecule has 0 saturated carbocycles. The minimum absolute atomic E-state index is 0.00295. The first-order valence-corrected chi connectivity index (χ1v) is 11.7. The van der Waals surface area contributed by atoms with Gasteiger partial charge in [0.1, 0.15) is 0 Å². The molecule has 0 spiro atoms. The maximum Gasteiger partial charge on any atom is 0.416 e. The highest BCUT2D eigenvalue weighted by Crippen LogP contribution is 2.36. The highest BCUT2D eigenvalue weighted by Gasteiger charge is 2.35. The molecule has 2 aromatic rings. The number of nitrogens with zero attached hydrogens (tertiary/aromatic N) is 1. The number of halogens is 3. The maximum absolute atomic E-state index is 13.1. The third-order valence-corrected chi connectivity index (χ3v) is 6.98. The first-order valence-electron chi connectivity index (χ1n) is 11.7. The van der Waals surface area contributed by atoms with Crippen LogP contribution in [0.15, 0.2) is 48.5 Å². The van der Waals surface area contributed by atoms with Gasteiger partial charge in [0, 0.05) is 25.3 Å². The lowest BCUT2D eigenvalue weighted by molar-refractivity contribution is -0.137. The number of rotatable bonds is 5. The van der Waals surface area contributed by atoms with Gasteiger partial charge in [-0.25, -0.2) is 0 Å². The number of carbonyl (C=O) groups is 1. The van der Waals surface area contributed by atoms with E-state index in [4.69, 9.17) is 4.74 Å². The normalized spacial score (nSPS) is 19.5. The van der Waals surface area contributed by atoms with Gasteiger partial charge >= 0.3 is 6.18 Å². The van der Waals surface area contributed by atoms with Crippen molar-refractivity contribution in [1.82, 2.24) is 10.2 Å². The number of hydrogen-bond acceptors (Lipinski definition) is 3. The molecule has 2 heterocycles. The Morgan fingerprint density at radius 2 is 1.64 bits per heavy atom. The minimum Gasteiger partial charge on any atom is -0.370 e. The predicted molar refractivity (Wildman–Crippen MR) is 121 cm³/mol. The van der Waals surface area contributed by atoms with E-state index in [0.29, 0.717) is 25.3 Å². The van der Waals surface area contributed by atoms with Gasteiger partial charge in [-0.3, -0.25) is 4.79 Å². The lowest BCUT2D eigenvalue weighted by Gasteiger charge is -2.38. The van der Waals surface area contributed by atoms with Crippen molar-refractivity contribution in [1.29, 1.82) is 0 Å². The van der Waals surface area contributed by atoms with Crippen LogP contribution >= 0.6 is 0 Å². The summed E-state index contributed by atoms with van der Waals surface area (Å²) in [5.41, 5.74) is 1.76. The fourth-order valence-corrected chi connectivity index (χ4v) is 5.08. The van der Waals surface area contributed by atoms with Crippen molar-refractivity contribution < 1.29 is 22.7 Å².